The van der Waals surface area contributed by atoms with Crippen molar-refractivity contribution in [3.8, 4) is 11.8 Å². The van der Waals surface area contributed by atoms with Gasteiger partial charge in [-0.05, 0) is 31.6 Å². The van der Waals surface area contributed by atoms with E-state index in [1.165, 1.54) is 25.7 Å². The molecule has 0 bridgehead atoms. The molecule has 0 heterocycles. The van der Waals surface area contributed by atoms with Gasteiger partial charge in [0.15, 0.2) is 0 Å². The first-order valence-corrected chi connectivity index (χ1v) is 4.05. The minimum Gasteiger partial charge on any atom is -0.380 e. The summed E-state index contributed by atoms with van der Waals surface area (Å²) in [6, 6.07) is 0. The van der Waals surface area contributed by atoms with E-state index in [1.54, 1.807) is 0 Å². The summed E-state index contributed by atoms with van der Waals surface area (Å²) < 4.78 is 0. The minimum atomic E-state index is -0.305. The lowest BCUT2D eigenvalue weighted by Crippen LogP contribution is -2.04. The van der Waals surface area contributed by atoms with Crippen LogP contribution in [-0.4, -0.2) is 11.2 Å². The second-order valence-corrected chi connectivity index (χ2v) is 3.35. The molecule has 0 aromatic heterocycles. The van der Waals surface area contributed by atoms with Gasteiger partial charge < -0.3 is 5.11 Å². The highest BCUT2D eigenvalue weighted by atomic mass is 16.3. The SMILES string of the molecule is OC(C#CC1CC1)C1CC1. The highest BCUT2D eigenvalue weighted by Gasteiger charge is 2.28. The molecule has 0 saturated heterocycles. The van der Waals surface area contributed by atoms with Gasteiger partial charge in [-0.2, -0.15) is 0 Å². The zero-order valence-electron chi connectivity index (χ0n) is 6.01. The third kappa shape index (κ3) is 1.52. The normalized spacial score (nSPS) is 26.9. The molecule has 0 aliphatic heterocycles. The van der Waals surface area contributed by atoms with E-state index in [-0.39, 0.29) is 6.10 Å². The van der Waals surface area contributed by atoms with Crippen molar-refractivity contribution in [2.24, 2.45) is 11.8 Å². The van der Waals surface area contributed by atoms with Crippen LogP contribution in [0.1, 0.15) is 25.7 Å². The quantitative estimate of drug-likeness (QED) is 0.536. The molecule has 10 heavy (non-hydrogen) atoms. The molecule has 1 N–H and O–H groups in total. The zero-order chi connectivity index (χ0) is 6.97. The van der Waals surface area contributed by atoms with Gasteiger partial charge in [0.1, 0.15) is 6.10 Å². The summed E-state index contributed by atoms with van der Waals surface area (Å²) in [6.45, 7) is 0. The van der Waals surface area contributed by atoms with Gasteiger partial charge in [0, 0.05) is 5.92 Å². The van der Waals surface area contributed by atoms with Crippen LogP contribution in [0, 0.1) is 23.7 Å². The van der Waals surface area contributed by atoms with Gasteiger partial charge in [0.05, 0.1) is 0 Å². The van der Waals surface area contributed by atoms with Crippen molar-refractivity contribution < 1.29 is 5.11 Å². The summed E-state index contributed by atoms with van der Waals surface area (Å²) in [4.78, 5) is 0. The molecule has 1 heteroatoms. The zero-order valence-corrected chi connectivity index (χ0v) is 6.01. The van der Waals surface area contributed by atoms with E-state index in [0.717, 1.165) is 0 Å². The summed E-state index contributed by atoms with van der Waals surface area (Å²) in [5.74, 6) is 7.14. The number of aliphatic hydroxyl groups excluding tert-OH is 1. The van der Waals surface area contributed by atoms with E-state index in [9.17, 15) is 5.11 Å². The fourth-order valence-electron chi connectivity index (χ4n) is 0.961. The molecule has 2 fully saturated rings. The Morgan fingerprint density at radius 1 is 1.20 bits per heavy atom. The third-order valence-corrected chi connectivity index (χ3v) is 2.08. The second-order valence-electron chi connectivity index (χ2n) is 3.35. The molecular weight excluding hydrogens is 124 g/mol. The van der Waals surface area contributed by atoms with Crippen LogP contribution in [0.25, 0.3) is 0 Å². The maximum atomic E-state index is 9.29. The first kappa shape index (κ1) is 6.24. The lowest BCUT2D eigenvalue weighted by molar-refractivity contribution is 0.209. The molecule has 54 valence electrons. The van der Waals surface area contributed by atoms with Crippen LogP contribution in [0.3, 0.4) is 0 Å². The molecule has 0 aromatic carbocycles. The second kappa shape index (κ2) is 2.29. The number of hydrogen-bond acceptors (Lipinski definition) is 1. The van der Waals surface area contributed by atoms with Gasteiger partial charge in [-0.15, -0.1) is 0 Å². The molecule has 2 saturated carbocycles. The predicted molar refractivity (Wildman–Crippen MR) is 39.2 cm³/mol. The van der Waals surface area contributed by atoms with E-state index in [2.05, 4.69) is 11.8 Å². The Labute approximate surface area is 61.4 Å². The molecule has 0 amide bonds. The lowest BCUT2D eigenvalue weighted by atomic mass is 10.2. The van der Waals surface area contributed by atoms with E-state index < -0.39 is 0 Å². The Kier molecular flexibility index (Phi) is 1.43. The van der Waals surface area contributed by atoms with Crippen molar-refractivity contribution in [3.05, 3.63) is 0 Å². The number of rotatable bonds is 1. The van der Waals surface area contributed by atoms with Crippen LogP contribution in [0.5, 0.6) is 0 Å². The lowest BCUT2D eigenvalue weighted by Gasteiger charge is -1.95. The van der Waals surface area contributed by atoms with Crippen LogP contribution in [0.15, 0.2) is 0 Å². The average molecular weight is 136 g/mol. The van der Waals surface area contributed by atoms with E-state index in [0.29, 0.717) is 11.8 Å². The molecule has 1 unspecified atom stereocenters. The summed E-state index contributed by atoms with van der Waals surface area (Å²) in [7, 11) is 0. The third-order valence-electron chi connectivity index (χ3n) is 2.08. The number of aliphatic hydroxyl groups is 1. The molecule has 2 aliphatic rings. The van der Waals surface area contributed by atoms with Gasteiger partial charge >= 0.3 is 0 Å². The van der Waals surface area contributed by atoms with Crippen molar-refractivity contribution in [2.75, 3.05) is 0 Å². The summed E-state index contributed by atoms with van der Waals surface area (Å²) in [6.07, 6.45) is 4.57. The monoisotopic (exact) mass is 136 g/mol. The first-order chi connectivity index (χ1) is 4.86. The fraction of sp³-hybridized carbons (Fsp3) is 0.778. The van der Waals surface area contributed by atoms with Crippen LogP contribution in [0.4, 0.5) is 0 Å². The fourth-order valence-corrected chi connectivity index (χ4v) is 0.961. The van der Waals surface area contributed by atoms with Gasteiger partial charge in [-0.1, -0.05) is 11.8 Å². The van der Waals surface area contributed by atoms with Crippen molar-refractivity contribution in [1.29, 1.82) is 0 Å². The largest absolute Gasteiger partial charge is 0.380 e. The maximum Gasteiger partial charge on any atom is 0.117 e. The van der Waals surface area contributed by atoms with Crippen molar-refractivity contribution in [3.63, 3.8) is 0 Å². The maximum absolute atomic E-state index is 9.29. The van der Waals surface area contributed by atoms with Gasteiger partial charge in [0.25, 0.3) is 0 Å². The summed E-state index contributed by atoms with van der Waals surface area (Å²) in [5, 5.41) is 9.29. The van der Waals surface area contributed by atoms with E-state index in [1.807, 2.05) is 0 Å². The Bertz CT molecular complexity index is 179. The standard InChI is InChI=1S/C9H12O/c10-9(8-4-5-8)6-3-7-1-2-7/h7-10H,1-2,4-5H2. The van der Waals surface area contributed by atoms with Crippen molar-refractivity contribution >= 4 is 0 Å². The van der Waals surface area contributed by atoms with Crippen molar-refractivity contribution in [1.82, 2.24) is 0 Å². The van der Waals surface area contributed by atoms with Gasteiger partial charge in [-0.25, -0.2) is 0 Å². The molecule has 2 aliphatic carbocycles. The predicted octanol–water partition coefficient (Wildman–Crippen LogP) is 1.17. The topological polar surface area (TPSA) is 20.2 Å². The molecule has 2 rings (SSSR count). The van der Waals surface area contributed by atoms with Crippen LogP contribution >= 0.6 is 0 Å². The molecule has 0 spiro atoms. The number of hydrogen-bond donors (Lipinski definition) is 1. The Morgan fingerprint density at radius 2 is 1.90 bits per heavy atom. The molecular formula is C9H12O. The highest BCUT2D eigenvalue weighted by Crippen LogP contribution is 2.33. The average Bonchev–Trinajstić information content (AvgIpc) is 2.76. The van der Waals surface area contributed by atoms with E-state index in [4.69, 9.17) is 0 Å². The van der Waals surface area contributed by atoms with Crippen LogP contribution in [0.2, 0.25) is 0 Å². The summed E-state index contributed by atoms with van der Waals surface area (Å²) in [5.41, 5.74) is 0. The molecule has 1 nitrogen and oxygen atoms in total. The van der Waals surface area contributed by atoms with Gasteiger partial charge in [-0.3, -0.25) is 0 Å². The Balaban J connectivity index is 1.81. The summed E-state index contributed by atoms with van der Waals surface area (Å²) >= 11 is 0. The highest BCUT2D eigenvalue weighted by molar-refractivity contribution is 5.14. The first-order valence-electron chi connectivity index (χ1n) is 4.05. The molecule has 0 aromatic rings. The Hall–Kier alpha value is -0.480. The smallest absolute Gasteiger partial charge is 0.117 e. The molecule has 1 atom stereocenters. The van der Waals surface area contributed by atoms with Crippen molar-refractivity contribution in [2.45, 2.75) is 31.8 Å². The minimum absolute atomic E-state index is 0.305. The van der Waals surface area contributed by atoms with Gasteiger partial charge in [0.2, 0.25) is 0 Å². The van der Waals surface area contributed by atoms with E-state index >= 15 is 0 Å². The Morgan fingerprint density at radius 3 is 2.40 bits per heavy atom. The molecule has 0 radical (unpaired) electrons. The van der Waals surface area contributed by atoms with Crippen LogP contribution in [-0.2, 0) is 0 Å². The van der Waals surface area contributed by atoms with Crippen LogP contribution < -0.4 is 0 Å².